The van der Waals surface area contributed by atoms with Gasteiger partial charge in [-0.15, -0.1) is 0 Å². The lowest BCUT2D eigenvalue weighted by molar-refractivity contribution is 0.0761. The monoisotopic (exact) mass is 248 g/mol. The first-order chi connectivity index (χ1) is 8.65. The molecule has 0 aromatic carbocycles. The Labute approximate surface area is 106 Å². The van der Waals surface area contributed by atoms with Crippen LogP contribution < -0.4 is 16.2 Å². The Hall–Kier alpha value is -1.91. The number of nitrogens with two attached hydrogens (primary N) is 1. The third-order valence-electron chi connectivity index (χ3n) is 2.88. The molecule has 2 heterocycles. The van der Waals surface area contributed by atoms with Crippen LogP contribution >= 0.6 is 0 Å². The van der Waals surface area contributed by atoms with Gasteiger partial charge in [-0.1, -0.05) is 0 Å². The average molecular weight is 248 g/mol. The molecule has 1 saturated heterocycles. The van der Waals surface area contributed by atoms with Crippen LogP contribution in [0.1, 0.15) is 11.4 Å². The van der Waals surface area contributed by atoms with Crippen LogP contribution in [0, 0.1) is 25.2 Å². The van der Waals surface area contributed by atoms with Gasteiger partial charge < -0.3 is 15.1 Å². The van der Waals surface area contributed by atoms with Crippen LogP contribution in [0.3, 0.4) is 0 Å². The summed E-state index contributed by atoms with van der Waals surface area (Å²) in [6.07, 6.45) is -0.414. The van der Waals surface area contributed by atoms with E-state index in [4.69, 9.17) is 15.8 Å². The molecule has 7 nitrogen and oxygen atoms in total. The minimum atomic E-state index is -0.414. The smallest absolute Gasteiger partial charge is 0.161 e. The normalized spacial score (nSPS) is 19.4. The van der Waals surface area contributed by atoms with Crippen LogP contribution in [0.25, 0.3) is 0 Å². The predicted molar refractivity (Wildman–Crippen MR) is 66.9 cm³/mol. The molecule has 96 valence electrons. The average Bonchev–Trinajstić information content (AvgIpc) is 2.41. The number of nitriles is 1. The zero-order valence-electron chi connectivity index (χ0n) is 10.5. The molecule has 1 aliphatic heterocycles. The van der Waals surface area contributed by atoms with E-state index in [-0.39, 0.29) is 0 Å². The number of hydrogen-bond donors (Lipinski definition) is 2. The molecule has 0 aliphatic carbocycles. The lowest BCUT2D eigenvalue weighted by Gasteiger charge is -2.32. The van der Waals surface area contributed by atoms with Crippen LogP contribution in [0.2, 0.25) is 0 Å². The van der Waals surface area contributed by atoms with Crippen molar-refractivity contribution >= 4 is 11.6 Å². The number of nitrogens with zero attached hydrogens (tertiary/aromatic N) is 4. The molecule has 1 atom stereocenters. The third-order valence-corrected chi connectivity index (χ3v) is 2.88. The molecule has 0 amide bonds. The third kappa shape index (κ3) is 2.34. The maximum atomic E-state index is 8.91. The van der Waals surface area contributed by atoms with E-state index in [1.807, 2.05) is 18.7 Å². The van der Waals surface area contributed by atoms with Gasteiger partial charge in [0.15, 0.2) is 6.10 Å². The minimum absolute atomic E-state index is 0.414. The molecule has 1 unspecified atom stereocenters. The summed E-state index contributed by atoms with van der Waals surface area (Å²) in [6, 6.07) is 2.12. The first-order valence-corrected chi connectivity index (χ1v) is 5.73. The van der Waals surface area contributed by atoms with E-state index in [0.717, 1.165) is 11.4 Å². The van der Waals surface area contributed by atoms with Crippen molar-refractivity contribution in [2.45, 2.75) is 20.0 Å². The number of aromatic nitrogens is 2. The fraction of sp³-hybridized carbons (Fsp3) is 0.545. The van der Waals surface area contributed by atoms with Crippen molar-refractivity contribution in [1.29, 1.82) is 5.26 Å². The molecule has 0 radical (unpaired) electrons. The molecule has 1 aromatic rings. The Balaban J connectivity index is 2.33. The molecule has 1 aromatic heterocycles. The first kappa shape index (κ1) is 12.5. The number of hydrazine groups is 1. The highest BCUT2D eigenvalue weighted by Crippen LogP contribution is 2.24. The Morgan fingerprint density at radius 1 is 1.50 bits per heavy atom. The van der Waals surface area contributed by atoms with Gasteiger partial charge in [0.2, 0.25) is 0 Å². The largest absolute Gasteiger partial charge is 0.360 e. The van der Waals surface area contributed by atoms with Crippen molar-refractivity contribution in [3.63, 3.8) is 0 Å². The van der Waals surface area contributed by atoms with Crippen molar-refractivity contribution in [3.05, 3.63) is 11.4 Å². The summed E-state index contributed by atoms with van der Waals surface area (Å²) in [5, 5.41) is 8.91. The fourth-order valence-electron chi connectivity index (χ4n) is 1.98. The number of nitrogens with one attached hydrogen (secondary N) is 1. The van der Waals surface area contributed by atoms with Gasteiger partial charge in [0.05, 0.1) is 19.2 Å². The molecule has 0 spiro atoms. The summed E-state index contributed by atoms with van der Waals surface area (Å²) in [4.78, 5) is 10.7. The summed E-state index contributed by atoms with van der Waals surface area (Å²) in [5.41, 5.74) is 3.44. The fourth-order valence-corrected chi connectivity index (χ4v) is 1.98. The van der Waals surface area contributed by atoms with E-state index in [2.05, 4.69) is 21.5 Å². The second-order valence-electron chi connectivity index (χ2n) is 4.15. The van der Waals surface area contributed by atoms with Gasteiger partial charge in [-0.2, -0.15) is 5.26 Å². The Bertz CT molecular complexity index is 483. The molecule has 7 heteroatoms. The number of morpholine rings is 1. The predicted octanol–water partition coefficient (Wildman–Crippen LogP) is 0.108. The second kappa shape index (κ2) is 5.16. The van der Waals surface area contributed by atoms with Crippen LogP contribution in [0.4, 0.5) is 11.6 Å². The Morgan fingerprint density at radius 3 is 2.94 bits per heavy atom. The molecule has 1 aliphatic rings. The summed E-state index contributed by atoms with van der Waals surface area (Å²) >= 11 is 0. The molecule has 0 bridgehead atoms. The van der Waals surface area contributed by atoms with Crippen LogP contribution in [-0.2, 0) is 4.74 Å². The van der Waals surface area contributed by atoms with E-state index in [1.165, 1.54) is 0 Å². The zero-order valence-corrected chi connectivity index (χ0v) is 10.5. The van der Waals surface area contributed by atoms with Gasteiger partial charge in [0.25, 0.3) is 0 Å². The van der Waals surface area contributed by atoms with Crippen LogP contribution in [0.15, 0.2) is 0 Å². The zero-order chi connectivity index (χ0) is 13.1. The Kier molecular flexibility index (Phi) is 3.60. The molecule has 0 saturated carbocycles. The van der Waals surface area contributed by atoms with E-state index >= 15 is 0 Å². The van der Waals surface area contributed by atoms with Crippen molar-refractivity contribution in [2.75, 3.05) is 30.0 Å². The van der Waals surface area contributed by atoms with Crippen LogP contribution in [0.5, 0.6) is 0 Å². The number of anilines is 2. The van der Waals surface area contributed by atoms with Gasteiger partial charge in [-0.25, -0.2) is 15.8 Å². The van der Waals surface area contributed by atoms with Gasteiger partial charge in [0, 0.05) is 12.1 Å². The lowest BCUT2D eigenvalue weighted by atomic mass is 10.2. The first-order valence-electron chi connectivity index (χ1n) is 5.73. The van der Waals surface area contributed by atoms with E-state index in [1.54, 1.807) is 0 Å². The van der Waals surface area contributed by atoms with Crippen molar-refractivity contribution in [1.82, 2.24) is 9.97 Å². The molecular weight excluding hydrogens is 232 g/mol. The number of aryl methyl sites for hydroxylation is 1. The summed E-state index contributed by atoms with van der Waals surface area (Å²) < 4.78 is 5.32. The summed E-state index contributed by atoms with van der Waals surface area (Å²) in [5.74, 6) is 7.49. The van der Waals surface area contributed by atoms with Crippen molar-refractivity contribution < 1.29 is 4.74 Å². The van der Waals surface area contributed by atoms with E-state index < -0.39 is 6.10 Å². The number of rotatable bonds is 2. The highest BCUT2D eigenvalue weighted by atomic mass is 16.5. The van der Waals surface area contributed by atoms with Gasteiger partial charge >= 0.3 is 0 Å². The van der Waals surface area contributed by atoms with Gasteiger partial charge in [-0.3, -0.25) is 0 Å². The maximum Gasteiger partial charge on any atom is 0.161 e. The topological polar surface area (TPSA) is 100 Å². The van der Waals surface area contributed by atoms with Crippen molar-refractivity contribution in [2.24, 2.45) is 5.84 Å². The SMILES string of the molecule is Cc1nc(NN)c(C)c(N2CCOC(C#N)C2)n1. The number of ether oxygens (including phenoxy) is 1. The van der Waals surface area contributed by atoms with E-state index in [0.29, 0.717) is 31.3 Å². The molecular formula is C11H16N6O. The van der Waals surface area contributed by atoms with Gasteiger partial charge in [0.1, 0.15) is 17.5 Å². The summed E-state index contributed by atoms with van der Waals surface area (Å²) in [7, 11) is 0. The minimum Gasteiger partial charge on any atom is -0.360 e. The summed E-state index contributed by atoms with van der Waals surface area (Å²) in [6.45, 7) is 5.45. The standard InChI is InChI=1S/C11H16N6O/c1-7-10(16-13)14-8(2)15-11(7)17-3-4-18-9(5-12)6-17/h9H,3-4,6,13H2,1-2H3,(H,14,15,16). The van der Waals surface area contributed by atoms with E-state index in [9.17, 15) is 0 Å². The van der Waals surface area contributed by atoms with Crippen molar-refractivity contribution in [3.8, 4) is 6.07 Å². The molecule has 18 heavy (non-hydrogen) atoms. The number of nitrogen functional groups attached to an aromatic ring is 1. The highest BCUT2D eigenvalue weighted by Gasteiger charge is 2.23. The Morgan fingerprint density at radius 2 is 2.28 bits per heavy atom. The number of hydrogen-bond acceptors (Lipinski definition) is 7. The van der Waals surface area contributed by atoms with Gasteiger partial charge in [-0.05, 0) is 13.8 Å². The molecule has 1 fully saturated rings. The highest BCUT2D eigenvalue weighted by molar-refractivity contribution is 5.58. The molecule has 2 rings (SSSR count). The maximum absolute atomic E-state index is 8.91. The quantitative estimate of drug-likeness (QED) is 0.565. The molecule has 3 N–H and O–H groups in total. The van der Waals surface area contributed by atoms with Crippen LogP contribution in [-0.4, -0.2) is 35.8 Å². The lowest BCUT2D eigenvalue weighted by Crippen LogP contribution is -2.42. The second-order valence-corrected chi connectivity index (χ2v) is 4.15.